The highest BCUT2D eigenvalue weighted by atomic mass is 35.5. The van der Waals surface area contributed by atoms with E-state index < -0.39 is 5.97 Å². The van der Waals surface area contributed by atoms with Crippen LogP contribution in [0.2, 0.25) is 5.02 Å². The van der Waals surface area contributed by atoms with Crippen LogP contribution in [0.1, 0.15) is 30.6 Å². The van der Waals surface area contributed by atoms with Crippen molar-refractivity contribution in [3.05, 3.63) is 22.7 Å². The number of ether oxygens (including phenoxy) is 2. The summed E-state index contributed by atoms with van der Waals surface area (Å²) in [6.45, 7) is 3.50. The molecule has 0 fully saturated rings. The van der Waals surface area contributed by atoms with Crippen LogP contribution in [0.25, 0.3) is 0 Å². The van der Waals surface area contributed by atoms with Crippen molar-refractivity contribution in [1.82, 2.24) is 5.32 Å². The Balaban J connectivity index is 2.91. The lowest BCUT2D eigenvalue weighted by Gasteiger charge is -2.15. The Hall–Kier alpha value is -1.95. The van der Waals surface area contributed by atoms with Crippen LogP contribution in [-0.2, 0) is 4.79 Å². The minimum absolute atomic E-state index is 0.0197. The molecule has 0 saturated heterocycles. The van der Waals surface area contributed by atoms with E-state index in [2.05, 4.69) is 5.32 Å². The molecule has 0 heterocycles. The number of rotatable bonds is 7. The van der Waals surface area contributed by atoms with Gasteiger partial charge in [-0.15, -0.1) is 0 Å². The molecule has 1 aromatic rings. The molecule has 1 rings (SSSR count). The van der Waals surface area contributed by atoms with Gasteiger partial charge in [0.15, 0.2) is 18.1 Å². The first-order valence-corrected chi connectivity index (χ1v) is 6.79. The lowest BCUT2D eigenvalue weighted by Crippen LogP contribution is -2.35. The molecule has 0 spiro atoms. The van der Waals surface area contributed by atoms with Crippen molar-refractivity contribution in [2.24, 2.45) is 0 Å². The summed E-state index contributed by atoms with van der Waals surface area (Å²) in [5.41, 5.74) is -0.157. The van der Waals surface area contributed by atoms with E-state index in [9.17, 15) is 9.59 Å². The summed E-state index contributed by atoms with van der Waals surface area (Å²) < 4.78 is 10.4. The van der Waals surface area contributed by atoms with Crippen molar-refractivity contribution in [2.45, 2.75) is 26.3 Å². The lowest BCUT2D eigenvalue weighted by atomic mass is 10.2. The quantitative estimate of drug-likeness (QED) is 0.806. The maximum Gasteiger partial charge on any atom is 0.339 e. The zero-order chi connectivity index (χ0) is 16.0. The van der Waals surface area contributed by atoms with Gasteiger partial charge in [0.2, 0.25) is 0 Å². The zero-order valence-electron chi connectivity index (χ0n) is 12.1. The number of benzene rings is 1. The van der Waals surface area contributed by atoms with E-state index in [1.54, 1.807) is 0 Å². The molecule has 0 aliphatic heterocycles. The molecule has 1 atom stereocenters. The van der Waals surface area contributed by atoms with Crippen molar-refractivity contribution in [3.63, 3.8) is 0 Å². The van der Waals surface area contributed by atoms with Crippen LogP contribution in [-0.4, -0.2) is 36.7 Å². The number of carboxylic acids is 1. The van der Waals surface area contributed by atoms with Gasteiger partial charge in [0.25, 0.3) is 5.91 Å². The van der Waals surface area contributed by atoms with Gasteiger partial charge in [-0.05, 0) is 19.4 Å². The molecule has 116 valence electrons. The molecule has 0 radical (unpaired) electrons. The summed E-state index contributed by atoms with van der Waals surface area (Å²) in [5.74, 6) is -1.41. The number of carboxylic acid groups (broad SMARTS) is 1. The number of hydrogen-bond donors (Lipinski definition) is 2. The second-order valence-electron chi connectivity index (χ2n) is 4.46. The summed E-state index contributed by atoms with van der Waals surface area (Å²) in [7, 11) is 1.36. The van der Waals surface area contributed by atoms with Gasteiger partial charge in [0.1, 0.15) is 5.56 Å². The zero-order valence-corrected chi connectivity index (χ0v) is 12.9. The molecule has 6 nitrogen and oxygen atoms in total. The molecule has 1 amide bonds. The highest BCUT2D eigenvalue weighted by Crippen LogP contribution is 2.34. The lowest BCUT2D eigenvalue weighted by molar-refractivity contribution is -0.123. The third kappa shape index (κ3) is 4.82. The van der Waals surface area contributed by atoms with Gasteiger partial charge in [-0.25, -0.2) is 4.79 Å². The van der Waals surface area contributed by atoms with Crippen LogP contribution in [0, 0.1) is 0 Å². The highest BCUT2D eigenvalue weighted by molar-refractivity contribution is 6.31. The average molecular weight is 316 g/mol. The Morgan fingerprint density at radius 1 is 1.43 bits per heavy atom. The van der Waals surface area contributed by atoms with Gasteiger partial charge in [-0.1, -0.05) is 18.5 Å². The fraction of sp³-hybridized carbons (Fsp3) is 0.429. The fourth-order valence-corrected chi connectivity index (χ4v) is 1.79. The van der Waals surface area contributed by atoms with Crippen molar-refractivity contribution >= 4 is 23.5 Å². The second-order valence-corrected chi connectivity index (χ2v) is 4.89. The third-order valence-electron chi connectivity index (χ3n) is 2.84. The van der Waals surface area contributed by atoms with E-state index in [0.29, 0.717) is 0 Å². The Bertz CT molecular complexity index is 532. The monoisotopic (exact) mass is 315 g/mol. The summed E-state index contributed by atoms with van der Waals surface area (Å²) >= 11 is 5.82. The number of halogens is 1. The average Bonchev–Trinajstić information content (AvgIpc) is 2.44. The third-order valence-corrected chi connectivity index (χ3v) is 3.06. The summed E-state index contributed by atoms with van der Waals surface area (Å²) in [5, 5.41) is 12.1. The van der Waals surface area contributed by atoms with Crippen LogP contribution >= 0.6 is 11.6 Å². The normalized spacial score (nSPS) is 11.6. The van der Waals surface area contributed by atoms with Crippen molar-refractivity contribution in [1.29, 1.82) is 0 Å². The number of carbonyl (C=O) groups excluding carboxylic acids is 1. The van der Waals surface area contributed by atoms with Crippen molar-refractivity contribution in [3.8, 4) is 11.5 Å². The molecule has 0 saturated carbocycles. The molecule has 1 aromatic carbocycles. The van der Waals surface area contributed by atoms with Gasteiger partial charge < -0.3 is 19.9 Å². The molecule has 1 unspecified atom stereocenters. The predicted octanol–water partition coefficient (Wildman–Crippen LogP) is 2.34. The highest BCUT2D eigenvalue weighted by Gasteiger charge is 2.19. The molecule has 0 bridgehead atoms. The SMILES string of the molecule is CCC(C)NC(=O)COc1c(OC)cc(Cl)cc1C(=O)O. The number of hydrogen-bond acceptors (Lipinski definition) is 4. The first kappa shape index (κ1) is 17.1. The molecule has 2 N–H and O–H groups in total. The predicted molar refractivity (Wildman–Crippen MR) is 78.4 cm³/mol. The molecule has 21 heavy (non-hydrogen) atoms. The van der Waals surface area contributed by atoms with Gasteiger partial charge in [0, 0.05) is 17.1 Å². The summed E-state index contributed by atoms with van der Waals surface area (Å²) in [6, 6.07) is 2.69. The van der Waals surface area contributed by atoms with E-state index >= 15 is 0 Å². The molecule has 0 aliphatic rings. The topological polar surface area (TPSA) is 84.9 Å². The van der Waals surface area contributed by atoms with Crippen LogP contribution in [0.15, 0.2) is 12.1 Å². The molecule has 0 aliphatic carbocycles. The first-order chi connectivity index (χ1) is 9.88. The van der Waals surface area contributed by atoms with Gasteiger partial charge >= 0.3 is 5.97 Å². The van der Waals surface area contributed by atoms with Crippen molar-refractivity contribution < 1.29 is 24.2 Å². The Labute approximate surface area is 128 Å². The number of carbonyl (C=O) groups is 2. The number of nitrogens with one attached hydrogen (secondary N) is 1. The van der Waals surface area contributed by atoms with Gasteiger partial charge in [-0.3, -0.25) is 4.79 Å². The molecular weight excluding hydrogens is 298 g/mol. The van der Waals surface area contributed by atoms with Gasteiger partial charge in [-0.2, -0.15) is 0 Å². The Morgan fingerprint density at radius 2 is 2.10 bits per heavy atom. The number of amides is 1. The Morgan fingerprint density at radius 3 is 2.62 bits per heavy atom. The number of methoxy groups -OCH3 is 1. The van der Waals surface area contributed by atoms with Crippen LogP contribution in [0.3, 0.4) is 0 Å². The van der Waals surface area contributed by atoms with Crippen LogP contribution < -0.4 is 14.8 Å². The van der Waals surface area contributed by atoms with Crippen LogP contribution in [0.5, 0.6) is 11.5 Å². The minimum Gasteiger partial charge on any atom is -0.493 e. The Kier molecular flexibility index (Phi) is 6.30. The molecular formula is C14H18ClNO5. The fourth-order valence-electron chi connectivity index (χ4n) is 1.58. The van der Waals surface area contributed by atoms with E-state index in [0.717, 1.165) is 6.42 Å². The molecule has 7 heteroatoms. The molecule has 0 aromatic heterocycles. The summed E-state index contributed by atoms with van der Waals surface area (Å²) in [6.07, 6.45) is 0.788. The minimum atomic E-state index is -1.21. The van der Waals surface area contributed by atoms with E-state index in [1.165, 1.54) is 19.2 Å². The largest absolute Gasteiger partial charge is 0.493 e. The smallest absolute Gasteiger partial charge is 0.339 e. The van der Waals surface area contributed by atoms with E-state index in [-0.39, 0.29) is 40.6 Å². The standard InChI is InChI=1S/C14H18ClNO5/c1-4-8(2)16-12(17)7-21-13-10(14(18)19)5-9(15)6-11(13)20-3/h5-6,8H,4,7H2,1-3H3,(H,16,17)(H,18,19). The van der Waals surface area contributed by atoms with Gasteiger partial charge in [0.05, 0.1) is 7.11 Å². The van der Waals surface area contributed by atoms with Crippen LogP contribution in [0.4, 0.5) is 0 Å². The van der Waals surface area contributed by atoms with E-state index in [1.807, 2.05) is 13.8 Å². The maximum absolute atomic E-state index is 11.7. The maximum atomic E-state index is 11.7. The van der Waals surface area contributed by atoms with Crippen molar-refractivity contribution in [2.75, 3.05) is 13.7 Å². The number of aromatic carboxylic acids is 1. The van der Waals surface area contributed by atoms with E-state index in [4.69, 9.17) is 26.2 Å². The summed E-state index contributed by atoms with van der Waals surface area (Å²) in [4.78, 5) is 22.9. The second kappa shape index (κ2) is 7.73. The first-order valence-electron chi connectivity index (χ1n) is 6.42.